The fraction of sp³-hybridized carbons (Fsp3) is 0.440. The molecule has 0 fully saturated rings. The third-order valence-electron chi connectivity index (χ3n) is 5.94. The van der Waals surface area contributed by atoms with Crippen molar-refractivity contribution in [1.29, 1.82) is 0 Å². The van der Waals surface area contributed by atoms with E-state index in [9.17, 15) is 14.0 Å². The van der Waals surface area contributed by atoms with Gasteiger partial charge in [0.25, 0.3) is 5.91 Å². The minimum atomic E-state index is -0.724. The van der Waals surface area contributed by atoms with E-state index in [-0.39, 0.29) is 16.7 Å². The zero-order valence-electron chi connectivity index (χ0n) is 19.3. The predicted octanol–water partition coefficient (Wildman–Crippen LogP) is 5.16. The molecule has 2 aliphatic rings. The van der Waals surface area contributed by atoms with Crippen LogP contribution < -0.4 is 9.64 Å². The summed E-state index contributed by atoms with van der Waals surface area (Å²) >= 11 is 5.91. The molecule has 8 heteroatoms. The Morgan fingerprint density at radius 1 is 1.15 bits per heavy atom. The summed E-state index contributed by atoms with van der Waals surface area (Å²) in [7, 11) is 0. The molecule has 0 bridgehead atoms. The summed E-state index contributed by atoms with van der Waals surface area (Å²) in [6.45, 7) is 9.16. The molecule has 176 valence electrons. The number of rotatable bonds is 1. The second-order valence-electron chi connectivity index (χ2n) is 9.36. The molecule has 2 aromatic carbocycles. The SMILES string of the molecule is Cc1c2c(cc3c1N(C(=O)c1cccc(Cl)c1F)CCO3)CCN(C(=O)OC(C)(C)C)CC2. The summed E-state index contributed by atoms with van der Waals surface area (Å²) in [5.74, 6) is -0.580. The number of benzene rings is 2. The highest BCUT2D eigenvalue weighted by Gasteiger charge is 2.32. The monoisotopic (exact) mass is 474 g/mol. The molecule has 0 radical (unpaired) electrons. The number of halogens is 2. The second-order valence-corrected chi connectivity index (χ2v) is 9.77. The van der Waals surface area contributed by atoms with Gasteiger partial charge in [-0.15, -0.1) is 0 Å². The van der Waals surface area contributed by atoms with Gasteiger partial charge in [-0.05, 0) is 75.4 Å². The van der Waals surface area contributed by atoms with Crippen LogP contribution in [0.15, 0.2) is 24.3 Å². The number of fused-ring (bicyclic) bond motifs is 2. The molecule has 0 spiro atoms. The Labute approximate surface area is 198 Å². The van der Waals surface area contributed by atoms with Gasteiger partial charge in [-0.3, -0.25) is 4.79 Å². The van der Waals surface area contributed by atoms with Crippen molar-refractivity contribution in [3.63, 3.8) is 0 Å². The summed E-state index contributed by atoms with van der Waals surface area (Å²) < 4.78 is 26.0. The van der Waals surface area contributed by atoms with Gasteiger partial charge in [0.2, 0.25) is 0 Å². The Morgan fingerprint density at radius 3 is 2.61 bits per heavy atom. The lowest BCUT2D eigenvalue weighted by Gasteiger charge is -2.33. The van der Waals surface area contributed by atoms with Gasteiger partial charge < -0.3 is 19.3 Å². The van der Waals surface area contributed by atoms with Crippen LogP contribution in [0.5, 0.6) is 5.75 Å². The number of hydrogen-bond acceptors (Lipinski definition) is 4. The van der Waals surface area contributed by atoms with Crippen LogP contribution in [0.2, 0.25) is 5.02 Å². The van der Waals surface area contributed by atoms with Crippen molar-refractivity contribution in [3.05, 3.63) is 57.4 Å². The predicted molar refractivity (Wildman–Crippen MR) is 125 cm³/mol. The first-order valence-corrected chi connectivity index (χ1v) is 11.5. The third kappa shape index (κ3) is 4.64. The Hall–Kier alpha value is -2.80. The highest BCUT2D eigenvalue weighted by molar-refractivity contribution is 6.31. The summed E-state index contributed by atoms with van der Waals surface area (Å²) in [4.78, 5) is 29.2. The molecule has 0 aliphatic carbocycles. The van der Waals surface area contributed by atoms with Crippen LogP contribution in [0.25, 0.3) is 0 Å². The minimum Gasteiger partial charge on any atom is -0.490 e. The van der Waals surface area contributed by atoms with Crippen molar-refractivity contribution in [3.8, 4) is 5.75 Å². The first-order valence-electron chi connectivity index (χ1n) is 11.1. The molecule has 0 atom stereocenters. The van der Waals surface area contributed by atoms with E-state index in [0.717, 1.165) is 16.7 Å². The molecule has 0 aromatic heterocycles. The lowest BCUT2D eigenvalue weighted by molar-refractivity contribution is 0.0258. The maximum absolute atomic E-state index is 14.6. The first-order chi connectivity index (χ1) is 15.6. The van der Waals surface area contributed by atoms with Crippen molar-refractivity contribution < 1.29 is 23.5 Å². The maximum atomic E-state index is 14.6. The van der Waals surface area contributed by atoms with E-state index in [1.54, 1.807) is 15.9 Å². The molecule has 6 nitrogen and oxygen atoms in total. The Kier molecular flexibility index (Phi) is 6.27. The molecule has 2 aliphatic heterocycles. The van der Waals surface area contributed by atoms with Crippen molar-refractivity contribution in [2.24, 2.45) is 0 Å². The van der Waals surface area contributed by atoms with Gasteiger partial charge >= 0.3 is 6.09 Å². The smallest absolute Gasteiger partial charge is 0.410 e. The van der Waals surface area contributed by atoms with Crippen LogP contribution in [-0.2, 0) is 17.6 Å². The largest absolute Gasteiger partial charge is 0.490 e. The summed E-state index contributed by atoms with van der Waals surface area (Å²) in [6.07, 6.45) is 0.951. The quantitative estimate of drug-likeness (QED) is 0.572. The molecule has 33 heavy (non-hydrogen) atoms. The maximum Gasteiger partial charge on any atom is 0.410 e. The summed E-state index contributed by atoms with van der Waals surface area (Å²) in [6, 6.07) is 6.37. The first kappa shape index (κ1) is 23.4. The molecule has 2 aromatic rings. The fourth-order valence-electron chi connectivity index (χ4n) is 4.40. The Balaban J connectivity index is 1.66. The van der Waals surface area contributed by atoms with Crippen LogP contribution in [0.4, 0.5) is 14.9 Å². The Bertz CT molecular complexity index is 1110. The van der Waals surface area contributed by atoms with Gasteiger partial charge in [0.05, 0.1) is 22.8 Å². The van der Waals surface area contributed by atoms with Crippen molar-refractivity contribution in [2.45, 2.75) is 46.1 Å². The molecule has 2 heterocycles. The van der Waals surface area contributed by atoms with Crippen molar-refractivity contribution in [2.75, 3.05) is 31.1 Å². The van der Waals surface area contributed by atoms with E-state index < -0.39 is 17.3 Å². The molecule has 0 N–H and O–H groups in total. The number of nitrogens with zero attached hydrogens (tertiary/aromatic N) is 2. The van der Waals surface area contributed by atoms with Crippen LogP contribution in [0.1, 0.15) is 47.8 Å². The number of anilines is 1. The highest BCUT2D eigenvalue weighted by atomic mass is 35.5. The van der Waals surface area contributed by atoms with Crippen molar-refractivity contribution in [1.82, 2.24) is 4.90 Å². The molecular formula is C25H28ClFN2O4. The van der Waals surface area contributed by atoms with E-state index in [4.69, 9.17) is 21.1 Å². The van der Waals surface area contributed by atoms with E-state index >= 15 is 0 Å². The van der Waals surface area contributed by atoms with Gasteiger partial charge in [-0.2, -0.15) is 0 Å². The number of carbonyl (C=O) groups excluding carboxylic acids is 2. The van der Waals surface area contributed by atoms with Crippen LogP contribution in [0.3, 0.4) is 0 Å². The lowest BCUT2D eigenvalue weighted by atomic mass is 9.94. The third-order valence-corrected chi connectivity index (χ3v) is 6.23. The van der Waals surface area contributed by atoms with Crippen LogP contribution in [-0.4, -0.2) is 48.7 Å². The standard InChI is InChI=1S/C25H28ClFN2O4/c1-15-17-9-11-28(24(31)33-25(2,3)4)10-8-16(17)14-20-22(15)29(12-13-32-20)23(30)18-6-5-7-19(26)21(18)27/h5-7,14H,8-13H2,1-4H3. The van der Waals surface area contributed by atoms with Gasteiger partial charge in [-0.1, -0.05) is 17.7 Å². The topological polar surface area (TPSA) is 59.1 Å². The van der Waals surface area contributed by atoms with Gasteiger partial charge in [0.15, 0.2) is 5.82 Å². The molecule has 0 saturated heterocycles. The number of amides is 2. The average molecular weight is 475 g/mol. The fourth-order valence-corrected chi connectivity index (χ4v) is 4.57. The van der Waals surface area contributed by atoms with Gasteiger partial charge in [-0.25, -0.2) is 9.18 Å². The van der Waals surface area contributed by atoms with Crippen LogP contribution in [0, 0.1) is 12.7 Å². The average Bonchev–Trinajstić information content (AvgIpc) is 2.97. The Morgan fingerprint density at radius 2 is 1.88 bits per heavy atom. The molecule has 0 saturated carbocycles. The van der Waals surface area contributed by atoms with E-state index in [0.29, 0.717) is 50.5 Å². The molecular weight excluding hydrogens is 447 g/mol. The zero-order chi connectivity index (χ0) is 23.9. The van der Waals surface area contributed by atoms with Crippen LogP contribution >= 0.6 is 11.6 Å². The molecule has 4 rings (SSSR count). The number of carbonyl (C=O) groups is 2. The van der Waals surface area contributed by atoms with Gasteiger partial charge in [0, 0.05) is 13.1 Å². The molecule has 0 unspecified atom stereocenters. The number of hydrogen-bond donors (Lipinski definition) is 0. The lowest BCUT2D eigenvalue weighted by Crippen LogP contribution is -2.39. The van der Waals surface area contributed by atoms with Gasteiger partial charge in [0.1, 0.15) is 18.0 Å². The van der Waals surface area contributed by atoms with E-state index in [1.807, 2.05) is 33.8 Å². The summed E-state index contributed by atoms with van der Waals surface area (Å²) in [5, 5.41) is -0.0878. The summed E-state index contributed by atoms with van der Waals surface area (Å²) in [5.41, 5.74) is 3.09. The zero-order valence-corrected chi connectivity index (χ0v) is 20.1. The number of ether oxygens (including phenoxy) is 2. The van der Waals surface area contributed by atoms with E-state index in [1.165, 1.54) is 12.1 Å². The van der Waals surface area contributed by atoms with Crippen molar-refractivity contribution >= 4 is 29.3 Å². The second kappa shape index (κ2) is 8.86. The normalized spacial score (nSPS) is 15.8. The van der Waals surface area contributed by atoms with E-state index in [2.05, 4.69) is 0 Å². The minimum absolute atomic E-state index is 0.0687. The molecule has 2 amide bonds. The highest BCUT2D eigenvalue weighted by Crippen LogP contribution is 2.40.